The van der Waals surface area contributed by atoms with Crippen molar-refractivity contribution in [3.05, 3.63) is 58.7 Å². The number of ether oxygens (including phenoxy) is 2. The molecule has 0 aliphatic heterocycles. The van der Waals surface area contributed by atoms with Crippen molar-refractivity contribution in [2.24, 2.45) is 0 Å². The monoisotopic (exact) mass is 582 g/mol. The zero-order valence-electron chi connectivity index (χ0n) is 25.5. The van der Waals surface area contributed by atoms with Crippen LogP contribution in [0.15, 0.2) is 46.9 Å². The van der Waals surface area contributed by atoms with E-state index >= 15 is 0 Å². The van der Waals surface area contributed by atoms with E-state index < -0.39 is 11.4 Å². The van der Waals surface area contributed by atoms with Crippen LogP contribution in [0.2, 0.25) is 0 Å². The van der Waals surface area contributed by atoms with Gasteiger partial charge in [0.25, 0.3) is 0 Å². The van der Waals surface area contributed by atoms with Gasteiger partial charge in [-0.1, -0.05) is 82.9 Å². The zero-order valence-corrected chi connectivity index (χ0v) is 26.4. The molecule has 2 aromatic carbocycles. The lowest BCUT2D eigenvalue weighted by Gasteiger charge is -2.30. The van der Waals surface area contributed by atoms with Crippen LogP contribution in [0.3, 0.4) is 0 Å². The number of rotatable bonds is 19. The summed E-state index contributed by atoms with van der Waals surface area (Å²) in [6.07, 6.45) is 11.9. The molecule has 0 saturated heterocycles. The number of hydrogen-bond donors (Lipinski definition) is 3. The van der Waals surface area contributed by atoms with Crippen LogP contribution in [-0.4, -0.2) is 29.4 Å². The number of phenolic OH excluding ortho intramolecular Hbond substituents is 1. The third-order valence-corrected chi connectivity index (χ3v) is 8.98. The van der Waals surface area contributed by atoms with Crippen molar-refractivity contribution < 1.29 is 24.5 Å². The van der Waals surface area contributed by atoms with Crippen molar-refractivity contribution >= 4 is 24.4 Å². The Morgan fingerprint density at radius 2 is 1.56 bits per heavy atom. The summed E-state index contributed by atoms with van der Waals surface area (Å²) in [7, 11) is 0. The van der Waals surface area contributed by atoms with Crippen molar-refractivity contribution in [3.63, 3.8) is 0 Å². The molecule has 1 aliphatic rings. The van der Waals surface area contributed by atoms with Crippen LogP contribution >= 0.6 is 12.6 Å². The Morgan fingerprint density at radius 3 is 2.20 bits per heavy atom. The molecule has 0 fully saturated rings. The lowest BCUT2D eigenvalue weighted by atomic mass is 9.72. The lowest BCUT2D eigenvalue weighted by molar-refractivity contribution is -0.144. The number of carboxylic acids is 1. The van der Waals surface area contributed by atoms with Crippen molar-refractivity contribution in [3.8, 4) is 11.5 Å². The molecule has 0 radical (unpaired) electrons. The molecule has 2 unspecified atom stereocenters. The molecule has 226 valence electrons. The molecule has 6 heteroatoms. The fourth-order valence-electron chi connectivity index (χ4n) is 6.36. The van der Waals surface area contributed by atoms with Gasteiger partial charge in [0, 0.05) is 10.8 Å². The molecule has 0 bridgehead atoms. The molecule has 0 amide bonds. The summed E-state index contributed by atoms with van der Waals surface area (Å²) >= 11 is 4.34. The quantitative estimate of drug-likeness (QED) is 0.114. The van der Waals surface area contributed by atoms with Gasteiger partial charge < -0.3 is 19.7 Å². The van der Waals surface area contributed by atoms with E-state index in [9.17, 15) is 15.0 Å². The molecule has 0 heterocycles. The second-order valence-electron chi connectivity index (χ2n) is 11.4. The highest BCUT2D eigenvalue weighted by Gasteiger charge is 2.39. The fourth-order valence-corrected chi connectivity index (χ4v) is 6.57. The third-order valence-electron chi connectivity index (χ3n) is 8.62. The van der Waals surface area contributed by atoms with Gasteiger partial charge in [-0.2, -0.15) is 0 Å². The van der Waals surface area contributed by atoms with Crippen LogP contribution in [0.1, 0.15) is 127 Å². The standard InChI is InChI=1S/C35H50O5S/c1-5-8-22-35(34(37)38,26-20-21-29(36)31(41)24-26)23-15-13-11-9-10-12-14-17-27-25(4)33(40-7-3)32-28(27)18-16-19-30(32)39-6-2/h16,18-21,24,27,36,41H,5-15,17,22-23H2,1-4H3,(H,37,38). The number of carboxylic acid groups (broad SMARTS) is 1. The second-order valence-corrected chi connectivity index (χ2v) is 11.8. The van der Waals surface area contributed by atoms with E-state index in [2.05, 4.69) is 38.6 Å². The second kappa shape index (κ2) is 16.1. The number of phenols is 1. The number of hydrogen-bond acceptors (Lipinski definition) is 5. The van der Waals surface area contributed by atoms with E-state index in [1.165, 1.54) is 36.8 Å². The number of fused-ring (bicyclic) bond motifs is 1. The average molecular weight is 583 g/mol. The molecule has 1 aliphatic carbocycles. The Bertz CT molecular complexity index is 1170. The van der Waals surface area contributed by atoms with Crippen molar-refractivity contribution in [1.82, 2.24) is 0 Å². The van der Waals surface area contributed by atoms with E-state index in [1.807, 2.05) is 19.9 Å². The van der Waals surface area contributed by atoms with Gasteiger partial charge in [-0.3, -0.25) is 4.79 Å². The Hall–Kier alpha value is -2.60. The number of aliphatic carboxylic acids is 1. The summed E-state index contributed by atoms with van der Waals surface area (Å²) in [5, 5.41) is 20.2. The highest BCUT2D eigenvalue weighted by molar-refractivity contribution is 7.80. The van der Waals surface area contributed by atoms with Crippen LogP contribution in [-0.2, 0) is 14.9 Å². The normalized spacial score (nSPS) is 16.0. The number of benzene rings is 2. The Kier molecular flexibility index (Phi) is 13.0. The topological polar surface area (TPSA) is 76.0 Å². The number of thiol groups is 1. The van der Waals surface area contributed by atoms with Gasteiger partial charge in [0.2, 0.25) is 0 Å². The SMILES string of the molecule is CCCCC(CCCCCCCCCC1C(C)=C(OCC)c2c(OCC)cccc21)(C(=O)O)c1ccc(O)c(S)c1. The highest BCUT2D eigenvalue weighted by Crippen LogP contribution is 2.48. The van der Waals surface area contributed by atoms with E-state index in [4.69, 9.17) is 9.47 Å². The summed E-state index contributed by atoms with van der Waals surface area (Å²) in [6, 6.07) is 11.4. The van der Waals surface area contributed by atoms with Gasteiger partial charge in [-0.15, -0.1) is 12.6 Å². The Morgan fingerprint density at radius 1 is 0.902 bits per heavy atom. The average Bonchev–Trinajstić information content (AvgIpc) is 3.22. The molecule has 0 aromatic heterocycles. The predicted molar refractivity (Wildman–Crippen MR) is 170 cm³/mol. The summed E-state index contributed by atoms with van der Waals surface area (Å²) in [5.41, 5.74) is 3.62. The zero-order chi connectivity index (χ0) is 29.8. The van der Waals surface area contributed by atoms with E-state index in [-0.39, 0.29) is 5.75 Å². The van der Waals surface area contributed by atoms with Gasteiger partial charge in [0.15, 0.2) is 0 Å². The van der Waals surface area contributed by atoms with Crippen LogP contribution in [0.25, 0.3) is 5.76 Å². The molecule has 41 heavy (non-hydrogen) atoms. The van der Waals surface area contributed by atoms with E-state index in [0.717, 1.165) is 61.2 Å². The van der Waals surface area contributed by atoms with Gasteiger partial charge in [0.1, 0.15) is 17.3 Å². The first-order valence-corrected chi connectivity index (χ1v) is 16.1. The molecule has 2 atom stereocenters. The van der Waals surface area contributed by atoms with Gasteiger partial charge >= 0.3 is 5.97 Å². The first-order chi connectivity index (χ1) is 19.8. The summed E-state index contributed by atoms with van der Waals surface area (Å²) < 4.78 is 12.0. The van der Waals surface area contributed by atoms with Crippen LogP contribution in [0, 0.1) is 0 Å². The van der Waals surface area contributed by atoms with Gasteiger partial charge in [0.05, 0.1) is 24.2 Å². The summed E-state index contributed by atoms with van der Waals surface area (Å²) in [4.78, 5) is 13.0. The maximum Gasteiger partial charge on any atom is 0.314 e. The molecule has 2 aromatic rings. The molecule has 2 N–H and O–H groups in total. The number of allylic oxidation sites excluding steroid dienone is 1. The smallest absolute Gasteiger partial charge is 0.314 e. The van der Waals surface area contributed by atoms with Gasteiger partial charge in [-0.05, 0) is 74.9 Å². The minimum absolute atomic E-state index is 0.0835. The number of carbonyl (C=O) groups is 1. The Labute approximate surface area is 252 Å². The Balaban J connectivity index is 1.48. The first kappa shape index (κ1) is 32.9. The van der Waals surface area contributed by atoms with Crippen molar-refractivity contribution in [2.45, 2.75) is 121 Å². The van der Waals surface area contributed by atoms with Crippen LogP contribution < -0.4 is 4.74 Å². The van der Waals surface area contributed by atoms with Crippen molar-refractivity contribution in [2.75, 3.05) is 13.2 Å². The maximum atomic E-state index is 12.6. The fraction of sp³-hybridized carbons (Fsp3) is 0.571. The molecule has 5 nitrogen and oxygen atoms in total. The van der Waals surface area contributed by atoms with E-state index in [0.29, 0.717) is 36.9 Å². The summed E-state index contributed by atoms with van der Waals surface area (Å²) in [5.74, 6) is 1.62. The largest absolute Gasteiger partial charge is 0.507 e. The number of unbranched alkanes of at least 4 members (excludes halogenated alkanes) is 7. The predicted octanol–water partition coefficient (Wildman–Crippen LogP) is 9.67. The third kappa shape index (κ3) is 8.03. The highest BCUT2D eigenvalue weighted by atomic mass is 32.1. The molecule has 3 rings (SSSR count). The minimum atomic E-state index is -0.924. The van der Waals surface area contributed by atoms with Crippen LogP contribution in [0.5, 0.6) is 11.5 Å². The lowest BCUT2D eigenvalue weighted by Crippen LogP contribution is -2.36. The van der Waals surface area contributed by atoms with Gasteiger partial charge in [-0.25, -0.2) is 0 Å². The van der Waals surface area contributed by atoms with Crippen LogP contribution in [0.4, 0.5) is 0 Å². The maximum absolute atomic E-state index is 12.6. The molecular formula is C35H50O5S. The molecular weight excluding hydrogens is 532 g/mol. The molecule has 0 spiro atoms. The van der Waals surface area contributed by atoms with Crippen molar-refractivity contribution in [1.29, 1.82) is 0 Å². The number of aromatic hydroxyl groups is 1. The summed E-state index contributed by atoms with van der Waals surface area (Å²) in [6.45, 7) is 9.64. The van der Waals surface area contributed by atoms with E-state index in [1.54, 1.807) is 18.2 Å². The minimum Gasteiger partial charge on any atom is -0.507 e. The first-order valence-electron chi connectivity index (χ1n) is 15.7. The molecule has 0 saturated carbocycles.